The Kier molecular flexibility index (Phi) is 4.24. The lowest BCUT2D eigenvalue weighted by molar-refractivity contribution is -0.171. The second-order valence-electron chi connectivity index (χ2n) is 2.22. The van der Waals surface area contributed by atoms with Gasteiger partial charge in [0.1, 0.15) is 0 Å². The summed E-state index contributed by atoms with van der Waals surface area (Å²) >= 11 is 0. The van der Waals surface area contributed by atoms with Gasteiger partial charge in [0.05, 0.1) is 19.6 Å². The zero-order chi connectivity index (χ0) is 9.72. The molecule has 0 heterocycles. The maximum absolute atomic E-state index is 11.0. The quantitative estimate of drug-likeness (QED) is 0.525. The van der Waals surface area contributed by atoms with Crippen molar-refractivity contribution in [3.05, 3.63) is 0 Å². The Labute approximate surface area is 69.8 Å². The molecule has 0 aliphatic heterocycles. The molecule has 0 aromatic carbocycles. The van der Waals surface area contributed by atoms with Crippen LogP contribution in [0.25, 0.3) is 0 Å². The van der Waals surface area contributed by atoms with E-state index < -0.39 is 24.3 Å². The van der Waals surface area contributed by atoms with Crippen LogP contribution in [0, 0.1) is 0 Å². The van der Waals surface area contributed by atoms with Crippen molar-refractivity contribution in [2.24, 2.45) is 5.73 Å². The molecular weight excluding hydrogens is 164 g/mol. The number of carbonyl (C=O) groups is 2. The summed E-state index contributed by atoms with van der Waals surface area (Å²) in [4.78, 5) is 25.7. The number of rotatable bonds is 4. The molecule has 0 fully saturated rings. The second-order valence-corrected chi connectivity index (χ2v) is 2.22. The molecule has 6 heteroatoms. The monoisotopic (exact) mass is 176 g/mol. The lowest BCUT2D eigenvalue weighted by Crippen LogP contribution is -2.42. The van der Waals surface area contributed by atoms with Gasteiger partial charge in [-0.3, -0.25) is 14.4 Å². The number of carbonyl (C=O) groups excluding carboxylic acids is 1. The van der Waals surface area contributed by atoms with Crippen LogP contribution in [-0.4, -0.2) is 42.2 Å². The smallest absolute Gasteiger partial charge is 0.305 e. The number of hydrogen-bond acceptors (Lipinski definition) is 4. The highest BCUT2D eigenvalue weighted by molar-refractivity contribution is 5.85. The molecule has 0 rings (SSSR count). The fourth-order valence-electron chi connectivity index (χ4n) is 0.599. The lowest BCUT2D eigenvalue weighted by atomic mass is 10.2. The molecule has 3 N–H and O–H groups in total. The van der Waals surface area contributed by atoms with E-state index in [1.807, 2.05) is 0 Å². The summed E-state index contributed by atoms with van der Waals surface area (Å²) in [5.41, 5.74) is 5.24. The van der Waals surface area contributed by atoms with Crippen LogP contribution < -0.4 is 5.73 Å². The summed E-state index contributed by atoms with van der Waals surface area (Å²) in [7, 11) is 2.66. The van der Waals surface area contributed by atoms with Crippen molar-refractivity contribution in [2.75, 3.05) is 14.2 Å². The largest absolute Gasteiger partial charge is 0.481 e. The van der Waals surface area contributed by atoms with Crippen molar-refractivity contribution in [1.29, 1.82) is 0 Å². The van der Waals surface area contributed by atoms with E-state index in [4.69, 9.17) is 10.8 Å². The van der Waals surface area contributed by atoms with Crippen molar-refractivity contribution in [3.63, 3.8) is 0 Å². The maximum atomic E-state index is 11.0. The predicted molar refractivity (Wildman–Crippen MR) is 40.0 cm³/mol. The number of carboxylic acid groups (broad SMARTS) is 1. The summed E-state index contributed by atoms with van der Waals surface area (Å²) in [5.74, 6) is -1.67. The van der Waals surface area contributed by atoms with Gasteiger partial charge in [-0.1, -0.05) is 0 Å². The topological polar surface area (TPSA) is 92.9 Å². The first-order valence-corrected chi connectivity index (χ1v) is 3.28. The molecule has 0 unspecified atom stereocenters. The molecule has 0 saturated carbocycles. The highest BCUT2D eigenvalue weighted by Crippen LogP contribution is 1.94. The Morgan fingerprint density at radius 2 is 2.17 bits per heavy atom. The Morgan fingerprint density at radius 1 is 1.67 bits per heavy atom. The highest BCUT2D eigenvalue weighted by atomic mass is 16.7. The first kappa shape index (κ1) is 10.9. The van der Waals surface area contributed by atoms with Gasteiger partial charge in [-0.25, -0.2) is 5.06 Å². The van der Waals surface area contributed by atoms with Crippen molar-refractivity contribution < 1.29 is 19.5 Å². The third-order valence-electron chi connectivity index (χ3n) is 1.30. The average molecular weight is 176 g/mol. The second kappa shape index (κ2) is 4.68. The summed E-state index contributed by atoms with van der Waals surface area (Å²) in [6.07, 6.45) is -0.396. The van der Waals surface area contributed by atoms with Crippen molar-refractivity contribution in [1.82, 2.24) is 5.06 Å². The molecule has 70 valence electrons. The number of aliphatic carboxylic acids is 1. The normalized spacial score (nSPS) is 12.2. The number of carboxylic acids is 1. The van der Waals surface area contributed by atoms with E-state index in [9.17, 15) is 9.59 Å². The Morgan fingerprint density at radius 3 is 2.50 bits per heavy atom. The van der Waals surface area contributed by atoms with Gasteiger partial charge in [-0.2, -0.15) is 0 Å². The number of nitrogens with zero attached hydrogens (tertiary/aromatic N) is 1. The van der Waals surface area contributed by atoms with Gasteiger partial charge in [0, 0.05) is 7.05 Å². The van der Waals surface area contributed by atoms with Crippen molar-refractivity contribution in [2.45, 2.75) is 12.5 Å². The predicted octanol–water partition coefficient (Wildman–Crippen LogP) is -1.19. The Balaban J connectivity index is 4.01. The minimum atomic E-state index is -1.11. The summed E-state index contributed by atoms with van der Waals surface area (Å²) in [5, 5.41) is 9.19. The zero-order valence-corrected chi connectivity index (χ0v) is 6.98. The van der Waals surface area contributed by atoms with Crippen LogP contribution in [0.1, 0.15) is 6.42 Å². The molecule has 0 saturated heterocycles. The third-order valence-corrected chi connectivity index (χ3v) is 1.30. The molecule has 0 aromatic heterocycles. The van der Waals surface area contributed by atoms with Crippen molar-refractivity contribution in [3.8, 4) is 0 Å². The zero-order valence-electron chi connectivity index (χ0n) is 6.98. The molecule has 0 aliphatic carbocycles. The lowest BCUT2D eigenvalue weighted by Gasteiger charge is -2.16. The first-order chi connectivity index (χ1) is 5.49. The van der Waals surface area contributed by atoms with Gasteiger partial charge in [0.15, 0.2) is 0 Å². The molecule has 0 spiro atoms. The van der Waals surface area contributed by atoms with Crippen LogP contribution >= 0.6 is 0 Å². The number of amides is 1. The number of hydrogen-bond donors (Lipinski definition) is 2. The summed E-state index contributed by atoms with van der Waals surface area (Å²) in [6.45, 7) is 0. The Hall–Kier alpha value is -1.14. The van der Waals surface area contributed by atoms with E-state index >= 15 is 0 Å². The highest BCUT2D eigenvalue weighted by Gasteiger charge is 2.20. The van der Waals surface area contributed by atoms with E-state index in [1.54, 1.807) is 0 Å². The Bertz CT molecular complexity index is 182. The minimum absolute atomic E-state index is 0.396. The van der Waals surface area contributed by atoms with E-state index in [0.717, 1.165) is 5.06 Å². The molecule has 0 aromatic rings. The SMILES string of the molecule is CON(C)C(=O)[C@@H](N)CC(=O)O. The van der Waals surface area contributed by atoms with Gasteiger partial charge in [-0.05, 0) is 0 Å². The fraction of sp³-hybridized carbons (Fsp3) is 0.667. The van der Waals surface area contributed by atoms with Gasteiger partial charge in [0.25, 0.3) is 5.91 Å². The van der Waals surface area contributed by atoms with Crippen LogP contribution in [0.15, 0.2) is 0 Å². The summed E-state index contributed by atoms with van der Waals surface area (Å²) in [6, 6.07) is -1.05. The molecule has 0 bridgehead atoms. The number of hydroxylamine groups is 2. The van der Waals surface area contributed by atoms with Gasteiger partial charge in [-0.15, -0.1) is 0 Å². The standard InChI is InChI=1S/C6H12N2O4/c1-8(12-2)6(11)4(7)3-5(9)10/h4H,3,7H2,1-2H3,(H,9,10)/t4-/m0/s1. The molecular formula is C6H12N2O4. The molecule has 0 radical (unpaired) electrons. The molecule has 12 heavy (non-hydrogen) atoms. The van der Waals surface area contributed by atoms with Crippen LogP contribution in [0.5, 0.6) is 0 Å². The van der Waals surface area contributed by atoms with E-state index in [-0.39, 0.29) is 0 Å². The maximum Gasteiger partial charge on any atom is 0.305 e. The first-order valence-electron chi connectivity index (χ1n) is 3.28. The average Bonchev–Trinajstić information content (AvgIpc) is 2.00. The summed E-state index contributed by atoms with van der Waals surface area (Å²) < 4.78 is 0. The van der Waals surface area contributed by atoms with E-state index in [2.05, 4.69) is 4.84 Å². The molecule has 1 amide bonds. The number of nitrogens with two attached hydrogens (primary N) is 1. The minimum Gasteiger partial charge on any atom is -0.481 e. The molecule has 1 atom stereocenters. The van der Waals surface area contributed by atoms with Crippen molar-refractivity contribution >= 4 is 11.9 Å². The van der Waals surface area contributed by atoms with E-state index in [1.165, 1.54) is 14.2 Å². The number of likely N-dealkylation sites (N-methyl/N-ethyl adjacent to an activating group) is 1. The van der Waals surface area contributed by atoms with Crippen LogP contribution in [0.2, 0.25) is 0 Å². The third kappa shape index (κ3) is 3.31. The van der Waals surface area contributed by atoms with Gasteiger partial charge in [0.2, 0.25) is 0 Å². The van der Waals surface area contributed by atoms with Crippen LogP contribution in [-0.2, 0) is 14.4 Å². The van der Waals surface area contributed by atoms with E-state index in [0.29, 0.717) is 0 Å². The fourth-order valence-corrected chi connectivity index (χ4v) is 0.599. The van der Waals surface area contributed by atoms with Gasteiger partial charge >= 0.3 is 5.97 Å². The molecule has 0 aliphatic rings. The van der Waals surface area contributed by atoms with Crippen LogP contribution in [0.4, 0.5) is 0 Å². The molecule has 6 nitrogen and oxygen atoms in total. The van der Waals surface area contributed by atoms with Gasteiger partial charge < -0.3 is 10.8 Å². The van der Waals surface area contributed by atoms with Crippen LogP contribution in [0.3, 0.4) is 0 Å².